The maximum absolute atomic E-state index is 15.4. The van der Waals surface area contributed by atoms with Gasteiger partial charge >= 0.3 is 0 Å². The molecule has 0 bridgehead atoms. The van der Waals surface area contributed by atoms with E-state index in [-0.39, 0.29) is 11.1 Å². The van der Waals surface area contributed by atoms with Gasteiger partial charge in [0.2, 0.25) is 0 Å². The van der Waals surface area contributed by atoms with Crippen LogP contribution in [-0.2, 0) is 12.0 Å². The molecule has 0 amide bonds. The number of fused-ring (bicyclic) bond motifs is 4. The van der Waals surface area contributed by atoms with Gasteiger partial charge < -0.3 is 10.3 Å². The van der Waals surface area contributed by atoms with E-state index < -0.39 is 17.2 Å². The zero-order valence-corrected chi connectivity index (χ0v) is 16.7. The maximum atomic E-state index is 15.4. The number of aromatic amines is 1. The first-order valence-electron chi connectivity index (χ1n) is 9.66. The van der Waals surface area contributed by atoms with Crippen LogP contribution in [0.25, 0.3) is 27.7 Å². The van der Waals surface area contributed by atoms with Crippen molar-refractivity contribution in [2.75, 3.05) is 5.32 Å². The molecule has 2 aromatic carbocycles. The Morgan fingerprint density at radius 2 is 1.86 bits per heavy atom. The number of H-pyrrole nitrogens is 1. The first-order valence-corrected chi connectivity index (χ1v) is 9.66. The van der Waals surface area contributed by atoms with Gasteiger partial charge in [0, 0.05) is 34.6 Å². The van der Waals surface area contributed by atoms with Gasteiger partial charge in [-0.1, -0.05) is 6.92 Å². The summed E-state index contributed by atoms with van der Waals surface area (Å²) in [6, 6.07) is 6.26. The van der Waals surface area contributed by atoms with Gasteiger partial charge in [-0.3, -0.25) is 4.57 Å². The van der Waals surface area contributed by atoms with Gasteiger partial charge in [-0.2, -0.15) is 0 Å². The molecule has 1 aliphatic heterocycles. The van der Waals surface area contributed by atoms with Crippen LogP contribution in [0.5, 0.6) is 0 Å². The van der Waals surface area contributed by atoms with Crippen LogP contribution in [0, 0.1) is 18.6 Å². The zero-order valence-electron chi connectivity index (χ0n) is 16.7. The highest BCUT2D eigenvalue weighted by Gasteiger charge is 2.36. The largest absolute Gasteiger partial charge is 0.371 e. The minimum atomic E-state index is -0.514. The van der Waals surface area contributed by atoms with Crippen molar-refractivity contribution in [2.24, 2.45) is 0 Å². The molecular formula is C22H21F2N5. The summed E-state index contributed by atoms with van der Waals surface area (Å²) in [4.78, 5) is 3.07. The first kappa shape index (κ1) is 17.8. The van der Waals surface area contributed by atoms with Crippen molar-refractivity contribution < 1.29 is 8.78 Å². The highest BCUT2D eigenvalue weighted by molar-refractivity contribution is 5.97. The molecule has 0 radical (unpaired) electrons. The van der Waals surface area contributed by atoms with E-state index in [9.17, 15) is 4.39 Å². The Labute approximate surface area is 166 Å². The Kier molecular flexibility index (Phi) is 3.62. The fourth-order valence-corrected chi connectivity index (χ4v) is 4.40. The summed E-state index contributed by atoms with van der Waals surface area (Å²) < 4.78 is 32.4. The molecule has 0 aliphatic carbocycles. The van der Waals surface area contributed by atoms with Gasteiger partial charge in [-0.15, -0.1) is 10.2 Å². The number of benzene rings is 2. The fourth-order valence-electron chi connectivity index (χ4n) is 4.40. The van der Waals surface area contributed by atoms with Crippen molar-refractivity contribution in [3.05, 3.63) is 59.3 Å². The molecule has 0 atom stereocenters. The molecule has 2 N–H and O–H groups in total. The second kappa shape index (κ2) is 5.89. The van der Waals surface area contributed by atoms with E-state index in [4.69, 9.17) is 0 Å². The molecular weight excluding hydrogens is 372 g/mol. The van der Waals surface area contributed by atoms with Gasteiger partial charge in [-0.05, 0) is 50.6 Å². The molecule has 0 spiro atoms. The summed E-state index contributed by atoms with van der Waals surface area (Å²) >= 11 is 0. The first-order chi connectivity index (χ1) is 13.8. The summed E-state index contributed by atoms with van der Waals surface area (Å²) in [5.41, 5.74) is 2.83. The third kappa shape index (κ3) is 2.36. The summed E-state index contributed by atoms with van der Waals surface area (Å²) in [6.07, 6.45) is 2.41. The van der Waals surface area contributed by atoms with Crippen LogP contribution in [0.2, 0.25) is 0 Å². The number of rotatable bonds is 2. The predicted octanol–water partition coefficient (Wildman–Crippen LogP) is 5.23. The number of hydrogen-bond donors (Lipinski definition) is 2. The van der Waals surface area contributed by atoms with Crippen LogP contribution in [0.1, 0.15) is 38.0 Å². The normalized spacial score (nSPS) is 14.6. The van der Waals surface area contributed by atoms with E-state index in [1.54, 1.807) is 18.3 Å². The SMILES string of the molecule is CCc1nnc2n1-c1c(cc(F)c(-c3c(F)ccc4[nH]ccc34)c1C)NC2(C)C. The Balaban J connectivity index is 1.89. The average molecular weight is 393 g/mol. The predicted molar refractivity (Wildman–Crippen MR) is 109 cm³/mol. The third-order valence-corrected chi connectivity index (χ3v) is 5.70. The van der Waals surface area contributed by atoms with Crippen LogP contribution in [0.3, 0.4) is 0 Å². The molecule has 0 fully saturated rings. The van der Waals surface area contributed by atoms with Crippen molar-refractivity contribution in [1.82, 2.24) is 19.7 Å². The molecule has 7 heteroatoms. The van der Waals surface area contributed by atoms with Crippen molar-refractivity contribution in [3.63, 3.8) is 0 Å². The second-order valence-electron chi connectivity index (χ2n) is 7.99. The van der Waals surface area contributed by atoms with Crippen LogP contribution in [0.4, 0.5) is 14.5 Å². The highest BCUT2D eigenvalue weighted by atomic mass is 19.1. The summed E-state index contributed by atoms with van der Waals surface area (Å²) in [5, 5.41) is 12.7. The van der Waals surface area contributed by atoms with E-state index in [1.165, 1.54) is 12.1 Å². The molecule has 5 nitrogen and oxygen atoms in total. The fraction of sp³-hybridized carbons (Fsp3) is 0.273. The lowest BCUT2D eigenvalue weighted by atomic mass is 9.91. The summed E-state index contributed by atoms with van der Waals surface area (Å²) in [7, 11) is 0. The van der Waals surface area contributed by atoms with E-state index >= 15 is 4.39 Å². The van der Waals surface area contributed by atoms with E-state index in [1.807, 2.05) is 32.3 Å². The average Bonchev–Trinajstić information content (AvgIpc) is 3.29. The standard InChI is InChI=1S/C22H21F2N5/c1-5-17-27-28-21-22(3,4)26-16-10-14(24)18(11(2)20(16)29(17)21)19-12-8-9-25-15(12)7-6-13(19)23/h6-10,25-26H,5H2,1-4H3. The molecule has 5 rings (SSSR count). The molecule has 29 heavy (non-hydrogen) atoms. The molecule has 1 aliphatic rings. The van der Waals surface area contributed by atoms with Crippen molar-refractivity contribution >= 4 is 16.6 Å². The molecule has 4 aromatic rings. The van der Waals surface area contributed by atoms with Gasteiger partial charge in [0.05, 0.1) is 16.9 Å². The number of nitrogens with one attached hydrogen (secondary N) is 2. The number of aryl methyl sites for hydroxylation is 1. The molecule has 0 saturated heterocycles. The molecule has 0 unspecified atom stereocenters. The van der Waals surface area contributed by atoms with Crippen molar-refractivity contribution in [1.29, 1.82) is 0 Å². The Morgan fingerprint density at radius 3 is 2.62 bits per heavy atom. The lowest BCUT2D eigenvalue weighted by molar-refractivity contribution is 0.531. The van der Waals surface area contributed by atoms with E-state index in [2.05, 4.69) is 20.5 Å². The van der Waals surface area contributed by atoms with Crippen LogP contribution < -0.4 is 5.32 Å². The summed E-state index contributed by atoms with van der Waals surface area (Å²) in [5.74, 6) is 0.620. The van der Waals surface area contributed by atoms with E-state index in [0.29, 0.717) is 23.1 Å². The zero-order chi connectivity index (χ0) is 20.5. The van der Waals surface area contributed by atoms with E-state index in [0.717, 1.165) is 22.9 Å². The minimum Gasteiger partial charge on any atom is -0.371 e. The van der Waals surface area contributed by atoms with Gasteiger partial charge in [0.25, 0.3) is 0 Å². The second-order valence-corrected chi connectivity index (χ2v) is 7.99. The number of anilines is 1. The van der Waals surface area contributed by atoms with Crippen molar-refractivity contribution in [3.8, 4) is 16.8 Å². The van der Waals surface area contributed by atoms with Gasteiger partial charge in [0.1, 0.15) is 17.5 Å². The number of halogens is 2. The monoisotopic (exact) mass is 393 g/mol. The molecule has 0 saturated carbocycles. The Bertz CT molecular complexity index is 1280. The van der Waals surface area contributed by atoms with Crippen LogP contribution in [0.15, 0.2) is 30.5 Å². The number of hydrogen-bond acceptors (Lipinski definition) is 3. The number of aromatic nitrogens is 4. The Hall–Kier alpha value is -3.22. The molecule has 2 aromatic heterocycles. The lowest BCUT2D eigenvalue weighted by Crippen LogP contribution is -2.36. The lowest BCUT2D eigenvalue weighted by Gasteiger charge is -2.35. The summed E-state index contributed by atoms with van der Waals surface area (Å²) in [6.45, 7) is 7.80. The maximum Gasteiger partial charge on any atom is 0.162 e. The third-order valence-electron chi connectivity index (χ3n) is 5.70. The highest BCUT2D eigenvalue weighted by Crippen LogP contribution is 2.44. The van der Waals surface area contributed by atoms with Crippen molar-refractivity contribution in [2.45, 2.75) is 39.7 Å². The van der Waals surface area contributed by atoms with Crippen LogP contribution >= 0.6 is 0 Å². The molecule has 148 valence electrons. The smallest absolute Gasteiger partial charge is 0.162 e. The quantitative estimate of drug-likeness (QED) is 0.491. The van der Waals surface area contributed by atoms with Gasteiger partial charge in [0.15, 0.2) is 5.82 Å². The van der Waals surface area contributed by atoms with Crippen LogP contribution in [-0.4, -0.2) is 19.7 Å². The minimum absolute atomic E-state index is 0.259. The molecule has 3 heterocycles. The Morgan fingerprint density at radius 1 is 1.07 bits per heavy atom. The number of nitrogens with zero attached hydrogens (tertiary/aromatic N) is 3. The van der Waals surface area contributed by atoms with Gasteiger partial charge in [-0.25, -0.2) is 8.78 Å². The topological polar surface area (TPSA) is 58.5 Å².